The minimum Gasteiger partial charge on any atom is -0.352 e. The van der Waals surface area contributed by atoms with Gasteiger partial charge < -0.3 is 5.32 Å². The first-order chi connectivity index (χ1) is 11.1. The molecule has 0 spiro atoms. The largest absolute Gasteiger partial charge is 0.352 e. The van der Waals surface area contributed by atoms with Gasteiger partial charge in [0.25, 0.3) is 5.91 Å². The molecule has 0 aliphatic heterocycles. The molecule has 1 N–H and O–H groups in total. The van der Waals surface area contributed by atoms with Crippen LogP contribution in [0.4, 0.5) is 4.39 Å². The summed E-state index contributed by atoms with van der Waals surface area (Å²) in [5, 5.41) is 3.14. The van der Waals surface area contributed by atoms with Gasteiger partial charge in [-0.25, -0.2) is 4.39 Å². The van der Waals surface area contributed by atoms with Gasteiger partial charge in [-0.3, -0.25) is 4.79 Å². The molecule has 3 heteroatoms. The lowest BCUT2D eigenvalue weighted by Crippen LogP contribution is -2.40. The molecular weight excluding hydrogens is 289 g/mol. The number of fused-ring (bicyclic) bond motifs is 4. The zero-order valence-electron chi connectivity index (χ0n) is 13.7. The summed E-state index contributed by atoms with van der Waals surface area (Å²) in [5.74, 6) is 7.46. The summed E-state index contributed by atoms with van der Waals surface area (Å²) in [4.78, 5) is 12.3. The second-order valence-electron chi connectivity index (χ2n) is 8.47. The molecule has 122 valence electrons. The number of hydrogen-bond donors (Lipinski definition) is 1. The summed E-state index contributed by atoms with van der Waals surface area (Å²) in [5.41, 5.74) is 0.561. The van der Waals surface area contributed by atoms with Crippen LogP contribution in [-0.4, -0.2) is 12.5 Å². The van der Waals surface area contributed by atoms with E-state index in [1.165, 1.54) is 18.6 Å². The van der Waals surface area contributed by atoms with Crippen molar-refractivity contribution in [3.63, 3.8) is 0 Å². The van der Waals surface area contributed by atoms with Crippen molar-refractivity contribution < 1.29 is 9.18 Å². The summed E-state index contributed by atoms with van der Waals surface area (Å²) in [6, 6.07) is 5.85. The fourth-order valence-corrected chi connectivity index (χ4v) is 7.56. The van der Waals surface area contributed by atoms with Gasteiger partial charge >= 0.3 is 0 Å². The van der Waals surface area contributed by atoms with Gasteiger partial charge in [0.2, 0.25) is 0 Å². The molecule has 23 heavy (non-hydrogen) atoms. The molecule has 1 amide bonds. The Hall–Kier alpha value is -1.38. The Kier molecular flexibility index (Phi) is 2.79. The average molecular weight is 313 g/mol. The van der Waals surface area contributed by atoms with E-state index < -0.39 is 0 Å². The van der Waals surface area contributed by atoms with Crippen LogP contribution in [0.25, 0.3) is 0 Å². The zero-order chi connectivity index (χ0) is 15.9. The molecule has 1 aromatic carbocycles. The predicted molar refractivity (Wildman–Crippen MR) is 86.1 cm³/mol. The summed E-state index contributed by atoms with van der Waals surface area (Å²) in [7, 11) is 0. The second-order valence-corrected chi connectivity index (χ2v) is 8.47. The maximum absolute atomic E-state index is 13.0. The zero-order valence-corrected chi connectivity index (χ0v) is 13.7. The molecule has 1 aromatic rings. The van der Waals surface area contributed by atoms with Crippen molar-refractivity contribution in [1.29, 1.82) is 0 Å². The normalized spacial score (nSPS) is 48.4. The van der Waals surface area contributed by atoms with Gasteiger partial charge in [0.15, 0.2) is 0 Å². The molecule has 4 bridgehead atoms. The maximum Gasteiger partial charge on any atom is 0.251 e. The molecule has 9 atom stereocenters. The SMILES string of the molecule is CC1C2CC3C1C1C(C)C2C3C1CNC(=O)c1ccc(F)cc1. The molecule has 4 aliphatic carbocycles. The van der Waals surface area contributed by atoms with Crippen molar-refractivity contribution in [3.05, 3.63) is 35.6 Å². The lowest BCUT2D eigenvalue weighted by atomic mass is 9.61. The van der Waals surface area contributed by atoms with E-state index in [4.69, 9.17) is 0 Å². The Morgan fingerprint density at radius 2 is 1.74 bits per heavy atom. The molecule has 9 unspecified atom stereocenters. The standard InChI is InChI=1S/C20H24FNO/c1-9-13-7-14-16(9)18-10(2)17(13)19(14)15(18)8-22-20(23)11-3-5-12(21)6-4-11/h3-6,9-10,13-19H,7-8H2,1-2H3,(H,22,23). The fourth-order valence-electron chi connectivity index (χ4n) is 7.56. The number of nitrogens with one attached hydrogen (secondary N) is 1. The van der Waals surface area contributed by atoms with E-state index in [2.05, 4.69) is 19.2 Å². The Morgan fingerprint density at radius 3 is 2.43 bits per heavy atom. The number of rotatable bonds is 3. The smallest absolute Gasteiger partial charge is 0.251 e. The quantitative estimate of drug-likeness (QED) is 0.908. The van der Waals surface area contributed by atoms with Crippen LogP contribution in [0, 0.1) is 59.1 Å². The number of benzene rings is 1. The number of halogens is 1. The third-order valence-electron chi connectivity index (χ3n) is 8.01. The topological polar surface area (TPSA) is 29.1 Å². The summed E-state index contributed by atoms with van der Waals surface area (Å²) < 4.78 is 13.0. The highest BCUT2D eigenvalue weighted by molar-refractivity contribution is 5.94. The Morgan fingerprint density at radius 1 is 1.04 bits per heavy atom. The molecule has 0 radical (unpaired) electrons. The monoisotopic (exact) mass is 313 g/mol. The van der Waals surface area contributed by atoms with Crippen LogP contribution < -0.4 is 5.32 Å². The summed E-state index contributed by atoms with van der Waals surface area (Å²) in [6.45, 7) is 5.73. The molecule has 0 heterocycles. The Balaban J connectivity index is 1.31. The fraction of sp³-hybridized carbons (Fsp3) is 0.650. The highest BCUT2D eigenvalue weighted by Gasteiger charge is 2.73. The van der Waals surface area contributed by atoms with E-state index in [1.54, 1.807) is 12.1 Å². The minimum absolute atomic E-state index is 0.0586. The van der Waals surface area contributed by atoms with Gasteiger partial charge in [-0.2, -0.15) is 0 Å². The lowest BCUT2D eigenvalue weighted by molar-refractivity contribution is 0.0315. The summed E-state index contributed by atoms with van der Waals surface area (Å²) >= 11 is 0. The van der Waals surface area contributed by atoms with Crippen LogP contribution in [0.1, 0.15) is 30.6 Å². The van der Waals surface area contributed by atoms with Crippen molar-refractivity contribution in [2.24, 2.45) is 53.3 Å². The first kappa shape index (κ1) is 14.0. The maximum atomic E-state index is 13.0. The Bertz CT molecular complexity index is 656. The van der Waals surface area contributed by atoms with E-state index in [0.717, 1.165) is 53.9 Å². The van der Waals surface area contributed by atoms with Crippen LogP contribution >= 0.6 is 0 Å². The highest BCUT2D eigenvalue weighted by atomic mass is 19.1. The highest BCUT2D eigenvalue weighted by Crippen LogP contribution is 2.77. The van der Waals surface area contributed by atoms with Crippen molar-refractivity contribution in [3.8, 4) is 0 Å². The first-order valence-electron chi connectivity index (χ1n) is 9.11. The third-order valence-corrected chi connectivity index (χ3v) is 8.01. The van der Waals surface area contributed by atoms with Gasteiger partial charge in [0.05, 0.1) is 0 Å². The average Bonchev–Trinajstić information content (AvgIpc) is 3.17. The van der Waals surface area contributed by atoms with Gasteiger partial charge in [-0.1, -0.05) is 13.8 Å². The Labute approximate surface area is 136 Å². The van der Waals surface area contributed by atoms with Crippen molar-refractivity contribution >= 4 is 5.91 Å². The molecule has 2 nitrogen and oxygen atoms in total. The van der Waals surface area contributed by atoms with E-state index in [0.29, 0.717) is 11.5 Å². The molecule has 0 saturated heterocycles. The van der Waals surface area contributed by atoms with Crippen LogP contribution in [0.5, 0.6) is 0 Å². The van der Waals surface area contributed by atoms with Gasteiger partial charge in [-0.15, -0.1) is 0 Å². The van der Waals surface area contributed by atoms with Crippen molar-refractivity contribution in [2.75, 3.05) is 6.54 Å². The van der Waals surface area contributed by atoms with E-state index >= 15 is 0 Å². The number of carbonyl (C=O) groups is 1. The minimum atomic E-state index is -0.297. The molecule has 4 aliphatic rings. The molecule has 4 fully saturated rings. The molecule has 5 rings (SSSR count). The number of hydrogen-bond acceptors (Lipinski definition) is 1. The van der Waals surface area contributed by atoms with Crippen molar-refractivity contribution in [2.45, 2.75) is 20.3 Å². The van der Waals surface area contributed by atoms with Gasteiger partial charge in [0, 0.05) is 12.1 Å². The van der Waals surface area contributed by atoms with Gasteiger partial charge in [0.1, 0.15) is 5.82 Å². The molecule has 4 saturated carbocycles. The van der Waals surface area contributed by atoms with Crippen LogP contribution in [0.15, 0.2) is 24.3 Å². The third kappa shape index (κ3) is 1.66. The van der Waals surface area contributed by atoms with Crippen LogP contribution in [-0.2, 0) is 0 Å². The second kappa shape index (κ2) is 4.58. The van der Waals surface area contributed by atoms with Crippen LogP contribution in [0.2, 0.25) is 0 Å². The summed E-state index contributed by atoms with van der Waals surface area (Å²) in [6.07, 6.45) is 1.45. The molecule has 0 aromatic heterocycles. The number of carbonyl (C=O) groups excluding carboxylic acids is 1. The van der Waals surface area contributed by atoms with E-state index in [-0.39, 0.29) is 11.7 Å². The number of amides is 1. The predicted octanol–water partition coefficient (Wildman–Crippen LogP) is 3.59. The lowest BCUT2D eigenvalue weighted by Gasteiger charge is -2.44. The van der Waals surface area contributed by atoms with E-state index in [9.17, 15) is 9.18 Å². The van der Waals surface area contributed by atoms with E-state index in [1.807, 2.05) is 0 Å². The van der Waals surface area contributed by atoms with Crippen molar-refractivity contribution in [1.82, 2.24) is 5.32 Å². The first-order valence-corrected chi connectivity index (χ1v) is 9.11. The van der Waals surface area contributed by atoms with Gasteiger partial charge in [-0.05, 0) is 83.9 Å². The van der Waals surface area contributed by atoms with Crippen LogP contribution in [0.3, 0.4) is 0 Å². The molecular formula is C20H24FNO.